The summed E-state index contributed by atoms with van der Waals surface area (Å²) >= 11 is 3.51. The zero-order valence-electron chi connectivity index (χ0n) is 18.9. The standard InChI is InChI=1S/C25H26BrN7O/c1-32-10-12-33(13-11-32)16-17-2-5-19(6-3-17)29-25(34)24-23(15-28-31-24)30-22-8-9-27-21-7-4-18(26)14-20(21)22/h2-9,14-15H,10-13,16H2,1H3,(H,27,30)(H,28,31)(H,29,34). The molecule has 174 valence electrons. The molecule has 1 aliphatic heterocycles. The Balaban J connectivity index is 1.26. The van der Waals surface area contributed by atoms with Crippen LogP contribution in [0, 0.1) is 0 Å². The number of halogens is 1. The maximum atomic E-state index is 13.0. The van der Waals surface area contributed by atoms with Crippen molar-refractivity contribution in [2.75, 3.05) is 43.9 Å². The second-order valence-corrected chi connectivity index (χ2v) is 9.45. The van der Waals surface area contributed by atoms with E-state index in [1.54, 1.807) is 12.4 Å². The summed E-state index contributed by atoms with van der Waals surface area (Å²) in [6.45, 7) is 5.28. The third-order valence-corrected chi connectivity index (χ3v) is 6.55. The highest BCUT2D eigenvalue weighted by molar-refractivity contribution is 9.10. The molecule has 4 aromatic rings. The second kappa shape index (κ2) is 9.92. The Hall–Kier alpha value is -3.27. The highest BCUT2D eigenvalue weighted by Gasteiger charge is 2.17. The molecule has 0 saturated carbocycles. The fraction of sp³-hybridized carbons (Fsp3) is 0.240. The van der Waals surface area contributed by atoms with Crippen molar-refractivity contribution in [2.45, 2.75) is 6.54 Å². The van der Waals surface area contributed by atoms with Gasteiger partial charge in [0.1, 0.15) is 5.69 Å². The topological polar surface area (TPSA) is 89.2 Å². The summed E-state index contributed by atoms with van der Waals surface area (Å²) in [5.74, 6) is -0.258. The number of fused-ring (bicyclic) bond motifs is 1. The molecular formula is C25H26BrN7O. The number of nitrogens with zero attached hydrogens (tertiary/aromatic N) is 4. The van der Waals surface area contributed by atoms with Crippen LogP contribution in [0.3, 0.4) is 0 Å². The first-order valence-corrected chi connectivity index (χ1v) is 12.0. The van der Waals surface area contributed by atoms with Crippen LogP contribution in [0.2, 0.25) is 0 Å². The highest BCUT2D eigenvalue weighted by Crippen LogP contribution is 2.28. The molecule has 0 spiro atoms. The van der Waals surface area contributed by atoms with Crippen LogP contribution in [0.5, 0.6) is 0 Å². The first-order valence-electron chi connectivity index (χ1n) is 11.2. The van der Waals surface area contributed by atoms with Crippen LogP contribution in [0.1, 0.15) is 16.1 Å². The van der Waals surface area contributed by atoms with Gasteiger partial charge in [0.25, 0.3) is 5.91 Å². The van der Waals surface area contributed by atoms with Gasteiger partial charge in [0.15, 0.2) is 0 Å². The number of aromatic amines is 1. The lowest BCUT2D eigenvalue weighted by molar-refractivity contribution is 0.102. The van der Waals surface area contributed by atoms with Gasteiger partial charge in [0, 0.05) is 60.2 Å². The zero-order chi connectivity index (χ0) is 23.5. The van der Waals surface area contributed by atoms with Crippen molar-refractivity contribution in [3.63, 3.8) is 0 Å². The zero-order valence-corrected chi connectivity index (χ0v) is 20.5. The van der Waals surface area contributed by atoms with Crippen LogP contribution in [-0.4, -0.2) is 64.1 Å². The first-order chi connectivity index (χ1) is 16.5. The average molecular weight is 520 g/mol. The lowest BCUT2D eigenvalue weighted by atomic mass is 10.1. The molecule has 0 radical (unpaired) electrons. The number of piperazine rings is 1. The number of H-pyrrole nitrogens is 1. The van der Waals surface area contributed by atoms with E-state index in [2.05, 4.69) is 70.7 Å². The van der Waals surface area contributed by atoms with Crippen LogP contribution < -0.4 is 10.6 Å². The van der Waals surface area contributed by atoms with Crippen LogP contribution in [0.25, 0.3) is 10.9 Å². The molecule has 34 heavy (non-hydrogen) atoms. The summed E-state index contributed by atoms with van der Waals surface area (Å²) in [6.07, 6.45) is 3.35. The van der Waals surface area contributed by atoms with Gasteiger partial charge in [0.05, 0.1) is 17.4 Å². The fourth-order valence-electron chi connectivity index (χ4n) is 4.08. The normalized spacial score (nSPS) is 14.9. The van der Waals surface area contributed by atoms with Crippen LogP contribution >= 0.6 is 15.9 Å². The number of anilines is 3. The van der Waals surface area contributed by atoms with E-state index in [-0.39, 0.29) is 5.91 Å². The van der Waals surface area contributed by atoms with Gasteiger partial charge >= 0.3 is 0 Å². The third kappa shape index (κ3) is 5.11. The van der Waals surface area contributed by atoms with Crippen LogP contribution in [0.15, 0.2) is 65.4 Å². The van der Waals surface area contributed by atoms with E-state index in [0.29, 0.717) is 11.4 Å². The number of aromatic nitrogens is 3. The lowest BCUT2D eigenvalue weighted by Gasteiger charge is -2.32. The van der Waals surface area contributed by atoms with Crippen molar-refractivity contribution < 1.29 is 4.79 Å². The number of pyridine rings is 1. The summed E-state index contributed by atoms with van der Waals surface area (Å²) in [5, 5.41) is 14.1. The molecule has 1 aliphatic rings. The van der Waals surface area contributed by atoms with Gasteiger partial charge in [-0.05, 0) is 49.0 Å². The number of amides is 1. The molecule has 0 atom stereocenters. The van der Waals surface area contributed by atoms with Gasteiger partial charge in [-0.2, -0.15) is 5.10 Å². The number of hydrogen-bond donors (Lipinski definition) is 3. The maximum Gasteiger partial charge on any atom is 0.275 e. The van der Waals surface area contributed by atoms with Gasteiger partial charge in [-0.15, -0.1) is 0 Å². The average Bonchev–Trinajstić information content (AvgIpc) is 3.30. The molecule has 8 nitrogen and oxygen atoms in total. The summed E-state index contributed by atoms with van der Waals surface area (Å²) < 4.78 is 0.956. The molecule has 2 aromatic heterocycles. The minimum absolute atomic E-state index is 0.258. The molecule has 2 aromatic carbocycles. The van der Waals surface area contributed by atoms with E-state index in [1.807, 2.05) is 36.4 Å². The van der Waals surface area contributed by atoms with Gasteiger partial charge in [-0.3, -0.25) is 19.8 Å². The highest BCUT2D eigenvalue weighted by atomic mass is 79.9. The Morgan fingerprint density at radius 2 is 1.85 bits per heavy atom. The molecule has 1 saturated heterocycles. The van der Waals surface area contributed by atoms with E-state index in [4.69, 9.17) is 0 Å². The molecule has 0 aliphatic carbocycles. The van der Waals surface area contributed by atoms with Crippen molar-refractivity contribution in [1.29, 1.82) is 0 Å². The SMILES string of the molecule is CN1CCN(Cc2ccc(NC(=O)c3[nH]ncc3Nc3ccnc4ccc(Br)cc34)cc2)CC1. The number of carbonyl (C=O) groups is 1. The number of hydrogen-bond acceptors (Lipinski definition) is 6. The maximum absolute atomic E-state index is 13.0. The molecular weight excluding hydrogens is 494 g/mol. The van der Waals surface area contributed by atoms with Gasteiger partial charge < -0.3 is 15.5 Å². The molecule has 0 bridgehead atoms. The Bertz CT molecular complexity index is 1300. The third-order valence-electron chi connectivity index (χ3n) is 6.05. The second-order valence-electron chi connectivity index (χ2n) is 8.53. The van der Waals surface area contributed by atoms with E-state index < -0.39 is 0 Å². The van der Waals surface area contributed by atoms with Crippen molar-refractivity contribution in [3.8, 4) is 0 Å². The predicted molar refractivity (Wildman–Crippen MR) is 138 cm³/mol. The molecule has 3 heterocycles. The fourth-order valence-corrected chi connectivity index (χ4v) is 4.44. The number of likely N-dealkylation sites (N-methyl/N-ethyl adjacent to an activating group) is 1. The van der Waals surface area contributed by atoms with E-state index in [9.17, 15) is 4.79 Å². The van der Waals surface area contributed by atoms with E-state index >= 15 is 0 Å². The molecule has 9 heteroatoms. The van der Waals surface area contributed by atoms with E-state index in [1.165, 1.54) is 5.56 Å². The Morgan fingerprint density at radius 1 is 1.06 bits per heavy atom. The van der Waals surface area contributed by atoms with Crippen molar-refractivity contribution in [2.24, 2.45) is 0 Å². The van der Waals surface area contributed by atoms with Crippen molar-refractivity contribution in [3.05, 3.63) is 76.7 Å². The first kappa shape index (κ1) is 22.5. The van der Waals surface area contributed by atoms with E-state index in [0.717, 1.165) is 59.5 Å². The lowest BCUT2D eigenvalue weighted by Crippen LogP contribution is -2.43. The minimum Gasteiger partial charge on any atom is -0.352 e. The minimum atomic E-state index is -0.258. The van der Waals surface area contributed by atoms with Crippen LogP contribution in [0.4, 0.5) is 17.1 Å². The molecule has 0 unspecified atom stereocenters. The molecule has 1 amide bonds. The number of rotatable bonds is 6. The largest absolute Gasteiger partial charge is 0.352 e. The molecule has 3 N–H and O–H groups in total. The van der Waals surface area contributed by atoms with Gasteiger partial charge in [-0.1, -0.05) is 28.1 Å². The van der Waals surface area contributed by atoms with Crippen molar-refractivity contribution in [1.82, 2.24) is 25.0 Å². The summed E-state index contributed by atoms with van der Waals surface area (Å²) in [4.78, 5) is 22.2. The summed E-state index contributed by atoms with van der Waals surface area (Å²) in [6, 6.07) is 15.8. The molecule has 5 rings (SSSR count). The predicted octanol–water partition coefficient (Wildman–Crippen LogP) is 4.46. The monoisotopic (exact) mass is 519 g/mol. The van der Waals surface area contributed by atoms with Gasteiger partial charge in [0.2, 0.25) is 0 Å². The van der Waals surface area contributed by atoms with Crippen LogP contribution in [-0.2, 0) is 6.54 Å². The molecule has 1 fully saturated rings. The quantitative estimate of drug-likeness (QED) is 0.348. The smallest absolute Gasteiger partial charge is 0.275 e. The Kier molecular flexibility index (Phi) is 6.57. The number of nitrogens with one attached hydrogen (secondary N) is 3. The Labute approximate surface area is 206 Å². The number of benzene rings is 2. The summed E-state index contributed by atoms with van der Waals surface area (Å²) in [5.41, 5.74) is 4.64. The van der Waals surface area contributed by atoms with Gasteiger partial charge in [-0.25, -0.2) is 0 Å². The summed E-state index contributed by atoms with van der Waals surface area (Å²) in [7, 11) is 2.16. The van der Waals surface area contributed by atoms with Crippen molar-refractivity contribution >= 4 is 49.8 Å². The number of carbonyl (C=O) groups excluding carboxylic acids is 1. The Morgan fingerprint density at radius 3 is 2.65 bits per heavy atom.